The molecule has 30 heavy (non-hydrogen) atoms. The predicted molar refractivity (Wildman–Crippen MR) is 116 cm³/mol. The van der Waals surface area contributed by atoms with Crippen molar-refractivity contribution in [2.24, 2.45) is 0 Å². The van der Waals surface area contributed by atoms with E-state index in [9.17, 15) is 13.2 Å². The standard InChI is InChI=1S/C21H19ClN2O5S/c1-28-19-13-18(24-30(26,27)16-10-6-9-15(22)11-16)20(29-2)12-17(19)23-21(25)14-7-4-3-5-8-14/h3-13,24H,1-2H3,(H,23,25). The van der Waals surface area contributed by atoms with E-state index in [1.165, 1.54) is 44.6 Å². The molecule has 1 amide bonds. The number of carbonyl (C=O) groups excluding carboxylic acids is 1. The molecule has 3 aromatic carbocycles. The van der Waals surface area contributed by atoms with Crippen molar-refractivity contribution < 1.29 is 22.7 Å². The number of nitrogens with one attached hydrogen (secondary N) is 2. The van der Waals surface area contributed by atoms with Crippen molar-refractivity contribution in [1.82, 2.24) is 0 Å². The molecule has 156 valence electrons. The molecule has 0 heterocycles. The first-order valence-electron chi connectivity index (χ1n) is 8.75. The molecule has 0 aliphatic heterocycles. The van der Waals surface area contributed by atoms with Gasteiger partial charge in [0.25, 0.3) is 15.9 Å². The lowest BCUT2D eigenvalue weighted by atomic mass is 10.2. The van der Waals surface area contributed by atoms with Gasteiger partial charge in [-0.2, -0.15) is 0 Å². The Labute approximate surface area is 179 Å². The van der Waals surface area contributed by atoms with Gasteiger partial charge < -0.3 is 14.8 Å². The summed E-state index contributed by atoms with van der Waals surface area (Å²) < 4.78 is 38.6. The van der Waals surface area contributed by atoms with Gasteiger partial charge in [-0.1, -0.05) is 35.9 Å². The third-order valence-electron chi connectivity index (χ3n) is 4.16. The monoisotopic (exact) mass is 446 g/mol. The number of ether oxygens (including phenoxy) is 2. The largest absolute Gasteiger partial charge is 0.494 e. The van der Waals surface area contributed by atoms with Crippen molar-refractivity contribution in [2.45, 2.75) is 4.90 Å². The zero-order valence-corrected chi connectivity index (χ0v) is 17.8. The van der Waals surface area contributed by atoms with Crippen molar-refractivity contribution >= 4 is 38.9 Å². The van der Waals surface area contributed by atoms with Gasteiger partial charge in [-0.15, -0.1) is 0 Å². The number of amides is 1. The van der Waals surface area contributed by atoms with E-state index in [0.29, 0.717) is 16.3 Å². The summed E-state index contributed by atoms with van der Waals surface area (Å²) in [6, 6.07) is 17.4. The van der Waals surface area contributed by atoms with Crippen molar-refractivity contribution in [3.63, 3.8) is 0 Å². The van der Waals surface area contributed by atoms with Crippen molar-refractivity contribution in [1.29, 1.82) is 0 Å². The fourth-order valence-corrected chi connectivity index (χ4v) is 4.06. The Morgan fingerprint density at radius 3 is 2.13 bits per heavy atom. The molecule has 0 spiro atoms. The Morgan fingerprint density at radius 2 is 1.50 bits per heavy atom. The first kappa shape index (κ1) is 21.5. The summed E-state index contributed by atoms with van der Waals surface area (Å²) >= 11 is 5.90. The van der Waals surface area contributed by atoms with Crippen LogP contribution in [0.3, 0.4) is 0 Å². The maximum atomic E-state index is 12.7. The number of halogens is 1. The van der Waals surface area contributed by atoms with Crippen LogP contribution in [-0.2, 0) is 10.0 Å². The number of carbonyl (C=O) groups is 1. The zero-order chi connectivity index (χ0) is 21.7. The number of methoxy groups -OCH3 is 2. The number of sulfonamides is 1. The van der Waals surface area contributed by atoms with Crippen LogP contribution in [-0.4, -0.2) is 28.5 Å². The van der Waals surface area contributed by atoms with Gasteiger partial charge in [0.2, 0.25) is 0 Å². The summed E-state index contributed by atoms with van der Waals surface area (Å²) in [5, 5.41) is 3.04. The van der Waals surface area contributed by atoms with E-state index >= 15 is 0 Å². The Kier molecular flexibility index (Phi) is 6.49. The van der Waals surface area contributed by atoms with E-state index in [1.54, 1.807) is 36.4 Å². The van der Waals surface area contributed by atoms with E-state index in [1.807, 2.05) is 0 Å². The highest BCUT2D eigenvalue weighted by Gasteiger charge is 2.20. The SMILES string of the molecule is COc1cc(NS(=O)(=O)c2cccc(Cl)c2)c(OC)cc1NC(=O)c1ccccc1. The molecule has 3 rings (SSSR count). The molecule has 0 fully saturated rings. The lowest BCUT2D eigenvalue weighted by molar-refractivity contribution is 0.102. The Morgan fingerprint density at radius 1 is 0.867 bits per heavy atom. The van der Waals surface area contributed by atoms with Crippen LogP contribution in [0.25, 0.3) is 0 Å². The third-order valence-corrected chi connectivity index (χ3v) is 5.75. The molecule has 0 radical (unpaired) electrons. The Bertz CT molecular complexity index is 1170. The van der Waals surface area contributed by atoms with Gasteiger partial charge in [-0.3, -0.25) is 9.52 Å². The molecule has 2 N–H and O–H groups in total. The number of rotatable bonds is 7. The Balaban J connectivity index is 1.94. The lowest BCUT2D eigenvalue weighted by Gasteiger charge is -2.17. The van der Waals surface area contributed by atoms with E-state index < -0.39 is 10.0 Å². The average Bonchev–Trinajstić information content (AvgIpc) is 2.74. The van der Waals surface area contributed by atoms with E-state index in [-0.39, 0.29) is 28.0 Å². The van der Waals surface area contributed by atoms with Crippen LogP contribution in [0.4, 0.5) is 11.4 Å². The van der Waals surface area contributed by atoms with Crippen molar-refractivity contribution in [2.75, 3.05) is 24.3 Å². The summed E-state index contributed by atoms with van der Waals surface area (Å²) in [5.74, 6) is 0.108. The minimum Gasteiger partial charge on any atom is -0.494 e. The summed E-state index contributed by atoms with van der Waals surface area (Å²) in [6.07, 6.45) is 0. The highest BCUT2D eigenvalue weighted by Crippen LogP contribution is 2.37. The molecule has 0 saturated carbocycles. The molecule has 0 bridgehead atoms. The maximum absolute atomic E-state index is 12.7. The minimum atomic E-state index is -3.93. The number of hydrogen-bond acceptors (Lipinski definition) is 5. The predicted octanol–water partition coefficient (Wildman–Crippen LogP) is 4.41. The molecule has 7 nitrogen and oxygen atoms in total. The fourth-order valence-electron chi connectivity index (χ4n) is 2.70. The van der Waals surface area contributed by atoms with Crippen LogP contribution in [0.1, 0.15) is 10.4 Å². The quantitative estimate of drug-likeness (QED) is 0.560. The molecular weight excluding hydrogens is 428 g/mol. The second-order valence-electron chi connectivity index (χ2n) is 6.14. The third kappa shape index (κ3) is 4.84. The average molecular weight is 447 g/mol. The number of benzene rings is 3. The molecule has 9 heteroatoms. The van der Waals surface area contributed by atoms with Gasteiger partial charge in [-0.25, -0.2) is 8.42 Å². The molecule has 0 unspecified atom stereocenters. The highest BCUT2D eigenvalue weighted by molar-refractivity contribution is 7.92. The number of hydrogen-bond donors (Lipinski definition) is 2. The van der Waals surface area contributed by atoms with Gasteiger partial charge in [0.15, 0.2) is 0 Å². The van der Waals surface area contributed by atoms with Crippen LogP contribution in [0.15, 0.2) is 71.6 Å². The van der Waals surface area contributed by atoms with Crippen LogP contribution >= 0.6 is 11.6 Å². The van der Waals surface area contributed by atoms with Crippen LogP contribution < -0.4 is 19.5 Å². The molecule has 0 saturated heterocycles. The van der Waals surface area contributed by atoms with Gasteiger partial charge in [0.05, 0.1) is 30.5 Å². The summed E-state index contributed by atoms with van der Waals surface area (Å²) in [7, 11) is -1.13. The maximum Gasteiger partial charge on any atom is 0.262 e. The van der Waals surface area contributed by atoms with E-state index in [4.69, 9.17) is 21.1 Å². The molecule has 0 atom stereocenters. The molecule has 3 aromatic rings. The Hall–Kier alpha value is -3.23. The lowest BCUT2D eigenvalue weighted by Crippen LogP contribution is -2.15. The fraction of sp³-hybridized carbons (Fsp3) is 0.0952. The van der Waals surface area contributed by atoms with Crippen molar-refractivity contribution in [3.8, 4) is 11.5 Å². The second-order valence-corrected chi connectivity index (χ2v) is 8.25. The summed E-state index contributed by atoms with van der Waals surface area (Å²) in [5.41, 5.74) is 0.935. The summed E-state index contributed by atoms with van der Waals surface area (Å²) in [6.45, 7) is 0. The summed E-state index contributed by atoms with van der Waals surface area (Å²) in [4.78, 5) is 12.5. The second kappa shape index (κ2) is 9.06. The van der Waals surface area contributed by atoms with E-state index in [2.05, 4.69) is 10.0 Å². The molecule has 0 aliphatic carbocycles. The zero-order valence-electron chi connectivity index (χ0n) is 16.2. The first-order chi connectivity index (χ1) is 14.3. The van der Waals surface area contributed by atoms with Crippen LogP contribution in [0.5, 0.6) is 11.5 Å². The van der Waals surface area contributed by atoms with Gasteiger partial charge in [-0.05, 0) is 30.3 Å². The van der Waals surface area contributed by atoms with E-state index in [0.717, 1.165) is 0 Å². The normalized spacial score (nSPS) is 10.9. The first-order valence-corrected chi connectivity index (χ1v) is 10.6. The van der Waals surface area contributed by atoms with Gasteiger partial charge >= 0.3 is 0 Å². The molecular formula is C21H19ClN2O5S. The van der Waals surface area contributed by atoms with Crippen molar-refractivity contribution in [3.05, 3.63) is 77.3 Å². The molecule has 0 aromatic heterocycles. The number of anilines is 2. The topological polar surface area (TPSA) is 93.7 Å². The van der Waals surface area contributed by atoms with Gasteiger partial charge in [0.1, 0.15) is 11.5 Å². The highest BCUT2D eigenvalue weighted by atomic mass is 35.5. The smallest absolute Gasteiger partial charge is 0.262 e. The molecule has 0 aliphatic rings. The van der Waals surface area contributed by atoms with Crippen LogP contribution in [0, 0.1) is 0 Å². The van der Waals surface area contributed by atoms with Crippen LogP contribution in [0.2, 0.25) is 5.02 Å². The minimum absolute atomic E-state index is 0.00234. The van der Waals surface area contributed by atoms with Gasteiger partial charge in [0, 0.05) is 22.7 Å².